The Kier molecular flexibility index (Phi) is 2.49. The van der Waals surface area contributed by atoms with Crippen molar-refractivity contribution < 1.29 is 4.42 Å². The number of aryl methyl sites for hydroxylation is 2. The molecule has 4 nitrogen and oxygen atoms in total. The van der Waals surface area contributed by atoms with Gasteiger partial charge in [0.05, 0.1) is 5.69 Å². The maximum absolute atomic E-state index is 5.51. The Morgan fingerprint density at radius 1 is 1.46 bits per heavy atom. The van der Waals surface area contributed by atoms with Crippen molar-refractivity contribution in [1.29, 1.82) is 0 Å². The lowest BCUT2D eigenvalue weighted by Gasteiger charge is -1.98. The largest absolute Gasteiger partial charge is 0.428 e. The first-order valence-electron chi connectivity index (χ1n) is 4.82. The number of rotatable bonds is 4. The lowest BCUT2D eigenvalue weighted by atomic mass is 10.4. The van der Waals surface area contributed by atoms with Gasteiger partial charge in [-0.3, -0.25) is 0 Å². The van der Waals surface area contributed by atoms with E-state index >= 15 is 0 Å². The van der Waals surface area contributed by atoms with Gasteiger partial charge in [0.25, 0.3) is 6.01 Å². The molecule has 0 spiro atoms. The molecule has 1 aliphatic rings. The van der Waals surface area contributed by atoms with Crippen molar-refractivity contribution in [3.8, 4) is 0 Å². The summed E-state index contributed by atoms with van der Waals surface area (Å²) in [6, 6.07) is 0.665. The Balaban J connectivity index is 1.91. The molecule has 0 amide bonds. The Morgan fingerprint density at radius 2 is 2.38 bits per heavy atom. The van der Waals surface area contributed by atoms with Gasteiger partial charge < -0.3 is 15.5 Å². The molecule has 1 aromatic heterocycles. The van der Waals surface area contributed by atoms with Gasteiger partial charge in [0.15, 0.2) is 0 Å². The smallest absolute Gasteiger partial charge is 0.295 e. The van der Waals surface area contributed by atoms with Crippen molar-refractivity contribution in [2.75, 3.05) is 18.4 Å². The van der Waals surface area contributed by atoms with E-state index in [1.807, 2.05) is 0 Å². The van der Waals surface area contributed by atoms with E-state index in [1.54, 1.807) is 0 Å². The van der Waals surface area contributed by atoms with E-state index in [0.29, 0.717) is 12.6 Å². The molecule has 13 heavy (non-hydrogen) atoms. The second-order valence-corrected chi connectivity index (χ2v) is 3.31. The predicted molar refractivity (Wildman–Crippen MR) is 50.7 cm³/mol. The van der Waals surface area contributed by atoms with E-state index in [1.165, 1.54) is 6.42 Å². The van der Waals surface area contributed by atoms with E-state index < -0.39 is 0 Å². The van der Waals surface area contributed by atoms with E-state index in [-0.39, 0.29) is 0 Å². The molecular formula is C9H15N3O. The Morgan fingerprint density at radius 3 is 3.15 bits per heavy atom. The maximum atomic E-state index is 5.51. The lowest BCUT2D eigenvalue weighted by molar-refractivity contribution is 0.520. The van der Waals surface area contributed by atoms with Crippen LogP contribution in [0.1, 0.15) is 24.3 Å². The summed E-state index contributed by atoms with van der Waals surface area (Å²) in [4.78, 5) is 4.34. The van der Waals surface area contributed by atoms with Gasteiger partial charge in [-0.1, -0.05) is 0 Å². The van der Waals surface area contributed by atoms with Crippen LogP contribution < -0.4 is 11.1 Å². The Labute approximate surface area is 77.5 Å². The average Bonchev–Trinajstić information content (AvgIpc) is 2.64. The van der Waals surface area contributed by atoms with Crippen molar-refractivity contribution in [1.82, 2.24) is 4.98 Å². The molecule has 4 heteroatoms. The number of nitrogens with zero attached hydrogens (tertiary/aromatic N) is 1. The number of anilines is 1. The second-order valence-electron chi connectivity index (χ2n) is 3.31. The molecule has 1 aromatic rings. The summed E-state index contributed by atoms with van der Waals surface area (Å²) in [5, 5.41) is 3.12. The maximum Gasteiger partial charge on any atom is 0.295 e. The number of aromatic nitrogens is 1. The fraction of sp³-hybridized carbons (Fsp3) is 0.667. The highest BCUT2D eigenvalue weighted by Crippen LogP contribution is 2.24. The van der Waals surface area contributed by atoms with Crippen LogP contribution >= 0.6 is 0 Å². The lowest BCUT2D eigenvalue weighted by Crippen LogP contribution is -2.08. The van der Waals surface area contributed by atoms with E-state index in [2.05, 4.69) is 10.3 Å². The standard InChI is InChI=1S/C9H15N3O/c10-5-2-6-11-9-12-7-3-1-4-8(7)13-9/h1-6,10H2,(H,11,12). The third kappa shape index (κ3) is 1.83. The summed E-state index contributed by atoms with van der Waals surface area (Å²) >= 11 is 0. The summed E-state index contributed by atoms with van der Waals surface area (Å²) in [5.74, 6) is 1.07. The molecule has 3 N–H and O–H groups in total. The van der Waals surface area contributed by atoms with Gasteiger partial charge >= 0.3 is 0 Å². The van der Waals surface area contributed by atoms with Crippen molar-refractivity contribution in [3.63, 3.8) is 0 Å². The molecule has 1 aliphatic carbocycles. The summed E-state index contributed by atoms with van der Waals surface area (Å²) in [5.41, 5.74) is 6.51. The summed E-state index contributed by atoms with van der Waals surface area (Å²) in [6.07, 6.45) is 4.25. The molecule has 0 radical (unpaired) electrons. The first-order valence-corrected chi connectivity index (χ1v) is 4.82. The average molecular weight is 181 g/mol. The van der Waals surface area contributed by atoms with Gasteiger partial charge in [-0.05, 0) is 25.8 Å². The number of nitrogens with one attached hydrogen (secondary N) is 1. The fourth-order valence-electron chi connectivity index (χ4n) is 1.56. The first kappa shape index (κ1) is 8.56. The number of fused-ring (bicyclic) bond motifs is 1. The molecule has 72 valence electrons. The van der Waals surface area contributed by atoms with Crippen LogP contribution in [0.25, 0.3) is 0 Å². The number of hydrogen-bond acceptors (Lipinski definition) is 4. The summed E-state index contributed by atoms with van der Waals surface area (Å²) < 4.78 is 5.51. The second kappa shape index (κ2) is 3.79. The van der Waals surface area contributed by atoms with Crippen molar-refractivity contribution in [2.24, 2.45) is 5.73 Å². The summed E-state index contributed by atoms with van der Waals surface area (Å²) in [6.45, 7) is 1.54. The third-order valence-electron chi connectivity index (χ3n) is 2.25. The van der Waals surface area contributed by atoms with Gasteiger partial charge in [-0.15, -0.1) is 0 Å². The van der Waals surface area contributed by atoms with Gasteiger partial charge in [0, 0.05) is 13.0 Å². The van der Waals surface area contributed by atoms with Crippen molar-refractivity contribution in [2.45, 2.75) is 25.7 Å². The van der Waals surface area contributed by atoms with Crippen LogP contribution in [0.4, 0.5) is 6.01 Å². The van der Waals surface area contributed by atoms with Crippen LogP contribution in [-0.2, 0) is 12.8 Å². The highest BCUT2D eigenvalue weighted by Gasteiger charge is 2.17. The molecule has 0 bridgehead atoms. The molecule has 0 fully saturated rings. The molecule has 0 saturated heterocycles. The zero-order valence-electron chi connectivity index (χ0n) is 7.68. The monoisotopic (exact) mass is 181 g/mol. The first-order chi connectivity index (χ1) is 6.40. The SMILES string of the molecule is NCCCNc1nc2c(o1)CCC2. The minimum absolute atomic E-state index is 0.665. The number of nitrogens with two attached hydrogens (primary N) is 1. The number of oxazole rings is 1. The fourth-order valence-corrected chi connectivity index (χ4v) is 1.56. The highest BCUT2D eigenvalue weighted by atomic mass is 16.4. The minimum atomic E-state index is 0.665. The van der Waals surface area contributed by atoms with Crippen LogP contribution in [0.5, 0.6) is 0 Å². The van der Waals surface area contributed by atoms with Crippen LogP contribution in [0.2, 0.25) is 0 Å². The third-order valence-corrected chi connectivity index (χ3v) is 2.25. The van der Waals surface area contributed by atoms with E-state index in [9.17, 15) is 0 Å². The molecule has 0 aliphatic heterocycles. The molecule has 0 aromatic carbocycles. The molecule has 0 saturated carbocycles. The van der Waals surface area contributed by atoms with Gasteiger partial charge in [0.1, 0.15) is 5.76 Å². The predicted octanol–water partition coefficient (Wildman–Crippen LogP) is 0.924. The van der Waals surface area contributed by atoms with Gasteiger partial charge in [-0.2, -0.15) is 4.98 Å². The van der Waals surface area contributed by atoms with Gasteiger partial charge in [-0.25, -0.2) is 0 Å². The molecule has 2 rings (SSSR count). The van der Waals surface area contributed by atoms with Crippen LogP contribution in [0, 0.1) is 0 Å². The zero-order chi connectivity index (χ0) is 9.10. The molecule has 1 heterocycles. The topological polar surface area (TPSA) is 64.1 Å². The van der Waals surface area contributed by atoms with Crippen molar-refractivity contribution in [3.05, 3.63) is 11.5 Å². The van der Waals surface area contributed by atoms with E-state index in [4.69, 9.17) is 10.2 Å². The minimum Gasteiger partial charge on any atom is -0.428 e. The van der Waals surface area contributed by atoms with Crippen LogP contribution in [0.3, 0.4) is 0 Å². The Bertz CT molecular complexity index is 261. The Hall–Kier alpha value is -1.03. The van der Waals surface area contributed by atoms with Crippen LogP contribution in [-0.4, -0.2) is 18.1 Å². The van der Waals surface area contributed by atoms with Gasteiger partial charge in [0.2, 0.25) is 0 Å². The zero-order valence-corrected chi connectivity index (χ0v) is 7.68. The quantitative estimate of drug-likeness (QED) is 0.678. The molecular weight excluding hydrogens is 166 g/mol. The molecule has 0 unspecified atom stereocenters. The highest BCUT2D eigenvalue weighted by molar-refractivity contribution is 5.27. The molecule has 0 atom stereocenters. The number of hydrogen-bond donors (Lipinski definition) is 2. The van der Waals surface area contributed by atoms with E-state index in [0.717, 1.165) is 37.3 Å². The van der Waals surface area contributed by atoms with Crippen LogP contribution in [0.15, 0.2) is 4.42 Å². The normalized spacial score (nSPS) is 14.5. The van der Waals surface area contributed by atoms with Crippen molar-refractivity contribution >= 4 is 6.01 Å². The summed E-state index contributed by atoms with van der Waals surface area (Å²) in [7, 11) is 0.